The first-order valence-corrected chi connectivity index (χ1v) is 7.95. The van der Waals surface area contributed by atoms with Crippen LogP contribution in [0, 0.1) is 0 Å². The highest BCUT2D eigenvalue weighted by Crippen LogP contribution is 2.26. The number of aryl methyl sites for hydroxylation is 1. The van der Waals surface area contributed by atoms with Gasteiger partial charge in [-0.25, -0.2) is 0 Å². The molecule has 2 aromatic carbocycles. The molecular weight excluding hydrogens is 284 g/mol. The summed E-state index contributed by atoms with van der Waals surface area (Å²) in [7, 11) is 0. The van der Waals surface area contributed by atoms with E-state index < -0.39 is 0 Å². The van der Waals surface area contributed by atoms with Crippen LogP contribution in [-0.4, -0.2) is 12.4 Å². The zero-order chi connectivity index (χ0) is 16.1. The minimum absolute atomic E-state index is 0.157. The van der Waals surface area contributed by atoms with Crippen LogP contribution < -0.4 is 4.74 Å². The van der Waals surface area contributed by atoms with Crippen LogP contribution in [0.1, 0.15) is 34.3 Å². The first kappa shape index (κ1) is 15.3. The van der Waals surface area contributed by atoms with Crippen molar-refractivity contribution >= 4 is 11.9 Å². The topological polar surface area (TPSA) is 26.3 Å². The van der Waals surface area contributed by atoms with E-state index in [1.165, 1.54) is 0 Å². The molecule has 1 aliphatic rings. The fourth-order valence-corrected chi connectivity index (χ4v) is 2.87. The number of benzene rings is 2. The molecule has 0 bridgehead atoms. The molecule has 0 unspecified atom stereocenters. The number of ketones is 1. The maximum absolute atomic E-state index is 12.7. The van der Waals surface area contributed by atoms with Gasteiger partial charge in [-0.05, 0) is 48.6 Å². The summed E-state index contributed by atoms with van der Waals surface area (Å²) >= 11 is 0. The predicted molar refractivity (Wildman–Crippen MR) is 93.8 cm³/mol. The molecule has 3 rings (SSSR count). The molecule has 1 aliphatic carbocycles. The molecule has 0 amide bonds. The number of hydrogen-bond acceptors (Lipinski definition) is 2. The van der Waals surface area contributed by atoms with E-state index in [1.807, 2.05) is 48.5 Å². The Kier molecular flexibility index (Phi) is 4.72. The molecule has 0 saturated heterocycles. The second kappa shape index (κ2) is 7.10. The van der Waals surface area contributed by atoms with Crippen LogP contribution in [0.4, 0.5) is 0 Å². The molecule has 2 heteroatoms. The molecular formula is C21H20O2. The molecule has 116 valence electrons. The SMILES string of the molecule is C=CCOc1ccc(/C=C2/CCCc3ccccc3C2=O)cc1. The van der Waals surface area contributed by atoms with E-state index in [9.17, 15) is 4.79 Å². The Balaban J connectivity index is 1.84. The lowest BCUT2D eigenvalue weighted by atomic mass is 9.98. The normalized spacial score (nSPS) is 15.8. The molecule has 0 saturated carbocycles. The summed E-state index contributed by atoms with van der Waals surface area (Å²) in [6, 6.07) is 15.7. The Morgan fingerprint density at radius 3 is 2.61 bits per heavy atom. The maximum Gasteiger partial charge on any atom is 0.189 e. The van der Waals surface area contributed by atoms with Crippen LogP contribution >= 0.6 is 0 Å². The fourth-order valence-electron chi connectivity index (χ4n) is 2.87. The van der Waals surface area contributed by atoms with Gasteiger partial charge < -0.3 is 4.74 Å². The molecule has 0 aromatic heterocycles. The van der Waals surface area contributed by atoms with Gasteiger partial charge in [-0.2, -0.15) is 0 Å². The van der Waals surface area contributed by atoms with E-state index >= 15 is 0 Å². The van der Waals surface area contributed by atoms with Gasteiger partial charge >= 0.3 is 0 Å². The molecule has 23 heavy (non-hydrogen) atoms. The average Bonchev–Trinajstić information content (AvgIpc) is 2.74. The maximum atomic E-state index is 12.7. The van der Waals surface area contributed by atoms with Crippen molar-refractivity contribution in [3.63, 3.8) is 0 Å². The lowest BCUT2D eigenvalue weighted by Gasteiger charge is -2.06. The third-order valence-corrected chi connectivity index (χ3v) is 4.03. The van der Waals surface area contributed by atoms with Gasteiger partial charge in [0.25, 0.3) is 0 Å². The number of carbonyl (C=O) groups is 1. The van der Waals surface area contributed by atoms with Crippen molar-refractivity contribution in [3.8, 4) is 5.75 Å². The first-order chi connectivity index (χ1) is 11.3. The zero-order valence-corrected chi connectivity index (χ0v) is 13.1. The highest BCUT2D eigenvalue weighted by Gasteiger charge is 2.19. The lowest BCUT2D eigenvalue weighted by Crippen LogP contribution is -2.03. The van der Waals surface area contributed by atoms with E-state index in [4.69, 9.17) is 4.74 Å². The smallest absolute Gasteiger partial charge is 0.189 e. The number of ether oxygens (including phenoxy) is 1. The Hall–Kier alpha value is -2.61. The summed E-state index contributed by atoms with van der Waals surface area (Å²) in [4.78, 5) is 12.7. The van der Waals surface area contributed by atoms with Gasteiger partial charge in [0.05, 0.1) is 0 Å². The molecule has 0 aliphatic heterocycles. The Morgan fingerprint density at radius 2 is 1.83 bits per heavy atom. The van der Waals surface area contributed by atoms with Gasteiger partial charge in [0.15, 0.2) is 5.78 Å². The van der Waals surface area contributed by atoms with Crippen molar-refractivity contribution in [2.24, 2.45) is 0 Å². The summed E-state index contributed by atoms with van der Waals surface area (Å²) in [5.74, 6) is 0.967. The molecule has 0 radical (unpaired) electrons. The standard InChI is InChI=1S/C21H20O2/c1-2-14-23-19-12-10-16(11-13-19)15-18-8-5-7-17-6-3-4-9-20(17)21(18)22/h2-4,6,9-13,15H,1,5,7-8,14H2/b18-15-. The zero-order valence-electron chi connectivity index (χ0n) is 13.1. The molecule has 0 heterocycles. The minimum Gasteiger partial charge on any atom is -0.490 e. The molecule has 0 atom stereocenters. The number of allylic oxidation sites excluding steroid dienone is 1. The van der Waals surface area contributed by atoms with Crippen LogP contribution in [0.3, 0.4) is 0 Å². The Morgan fingerprint density at radius 1 is 1.04 bits per heavy atom. The second-order valence-corrected chi connectivity index (χ2v) is 5.68. The van der Waals surface area contributed by atoms with Gasteiger partial charge in [0, 0.05) is 11.1 Å². The molecule has 2 nitrogen and oxygen atoms in total. The van der Waals surface area contributed by atoms with Crippen LogP contribution in [0.25, 0.3) is 6.08 Å². The molecule has 2 aromatic rings. The Labute approximate surface area is 137 Å². The lowest BCUT2D eigenvalue weighted by molar-refractivity contribution is 0.103. The van der Waals surface area contributed by atoms with Crippen molar-refractivity contribution in [3.05, 3.63) is 83.4 Å². The van der Waals surface area contributed by atoms with Gasteiger partial charge in [-0.3, -0.25) is 4.79 Å². The van der Waals surface area contributed by atoms with Gasteiger partial charge in [-0.15, -0.1) is 0 Å². The number of carbonyl (C=O) groups excluding carboxylic acids is 1. The van der Waals surface area contributed by atoms with E-state index in [0.29, 0.717) is 6.61 Å². The summed E-state index contributed by atoms with van der Waals surface area (Å²) in [5, 5.41) is 0. The van der Waals surface area contributed by atoms with E-state index in [2.05, 4.69) is 12.6 Å². The third kappa shape index (κ3) is 3.59. The second-order valence-electron chi connectivity index (χ2n) is 5.68. The highest BCUT2D eigenvalue weighted by atomic mass is 16.5. The third-order valence-electron chi connectivity index (χ3n) is 4.03. The van der Waals surface area contributed by atoms with Crippen LogP contribution in [0.5, 0.6) is 5.75 Å². The van der Waals surface area contributed by atoms with Crippen molar-refractivity contribution < 1.29 is 9.53 Å². The van der Waals surface area contributed by atoms with E-state index in [0.717, 1.165) is 47.3 Å². The van der Waals surface area contributed by atoms with Gasteiger partial charge in [-0.1, -0.05) is 49.1 Å². The summed E-state index contributed by atoms with van der Waals surface area (Å²) in [5.41, 5.74) is 3.92. The van der Waals surface area contributed by atoms with Crippen molar-refractivity contribution in [1.29, 1.82) is 0 Å². The van der Waals surface area contributed by atoms with Crippen LogP contribution in [0.15, 0.2) is 66.8 Å². The number of fused-ring (bicyclic) bond motifs is 1. The number of Topliss-reactive ketones (excluding diaryl/α,β-unsaturated/α-hetero) is 1. The minimum atomic E-state index is 0.157. The van der Waals surface area contributed by atoms with Crippen molar-refractivity contribution in [1.82, 2.24) is 0 Å². The van der Waals surface area contributed by atoms with E-state index in [-0.39, 0.29) is 5.78 Å². The molecule has 0 N–H and O–H groups in total. The quantitative estimate of drug-likeness (QED) is 0.458. The Bertz CT molecular complexity index is 739. The summed E-state index contributed by atoms with van der Waals surface area (Å²) in [6.07, 6.45) is 6.52. The van der Waals surface area contributed by atoms with Gasteiger partial charge in [0.1, 0.15) is 12.4 Å². The first-order valence-electron chi connectivity index (χ1n) is 7.95. The monoisotopic (exact) mass is 304 g/mol. The highest BCUT2D eigenvalue weighted by molar-refractivity contribution is 6.12. The largest absolute Gasteiger partial charge is 0.490 e. The molecule has 0 fully saturated rings. The van der Waals surface area contributed by atoms with E-state index in [1.54, 1.807) is 6.08 Å². The predicted octanol–water partition coefficient (Wildman–Crippen LogP) is 4.85. The fraction of sp³-hybridized carbons (Fsp3) is 0.190. The van der Waals surface area contributed by atoms with Crippen LogP contribution in [0.2, 0.25) is 0 Å². The summed E-state index contributed by atoms with van der Waals surface area (Å²) < 4.78 is 5.48. The number of rotatable bonds is 4. The van der Waals surface area contributed by atoms with Crippen LogP contribution in [-0.2, 0) is 6.42 Å². The van der Waals surface area contributed by atoms with Crippen molar-refractivity contribution in [2.45, 2.75) is 19.3 Å². The van der Waals surface area contributed by atoms with Gasteiger partial charge in [0.2, 0.25) is 0 Å². The van der Waals surface area contributed by atoms with Crippen molar-refractivity contribution in [2.75, 3.05) is 6.61 Å². The number of hydrogen-bond donors (Lipinski definition) is 0. The average molecular weight is 304 g/mol. The summed E-state index contributed by atoms with van der Waals surface area (Å²) in [6.45, 7) is 4.13. The molecule has 0 spiro atoms.